The van der Waals surface area contributed by atoms with Crippen LogP contribution in [-0.4, -0.2) is 48.9 Å². The third-order valence-electron chi connectivity index (χ3n) is 3.21. The third-order valence-corrected chi connectivity index (χ3v) is 3.93. The molecule has 0 unspecified atom stereocenters. The van der Waals surface area contributed by atoms with Gasteiger partial charge in [-0.1, -0.05) is 18.2 Å². The Balaban J connectivity index is 1.89. The lowest BCUT2D eigenvalue weighted by Gasteiger charge is -2.16. The van der Waals surface area contributed by atoms with E-state index in [9.17, 15) is 13.2 Å². The van der Waals surface area contributed by atoms with Crippen molar-refractivity contribution in [1.29, 1.82) is 0 Å². The lowest BCUT2D eigenvalue weighted by molar-refractivity contribution is -0.130. The maximum atomic E-state index is 12.0. The number of hydrogen-bond donors (Lipinski definition) is 1. The van der Waals surface area contributed by atoms with Gasteiger partial charge in [0.05, 0.1) is 18.1 Å². The standard InChI is InChI=1S/C15H20N4O3S/c1-18(15(20)8-9-17-23(2,21)22)11-13-10-16-19(12-13)14-6-4-3-5-7-14/h3-7,10,12,17H,8-9,11H2,1-2H3. The molecule has 0 atom stereocenters. The van der Waals surface area contributed by atoms with Crippen LogP contribution >= 0.6 is 0 Å². The van der Waals surface area contributed by atoms with Gasteiger partial charge in [-0.05, 0) is 12.1 Å². The van der Waals surface area contributed by atoms with E-state index in [4.69, 9.17) is 0 Å². The molecule has 0 saturated heterocycles. The fourth-order valence-corrected chi connectivity index (χ4v) is 2.53. The molecule has 0 saturated carbocycles. The molecule has 0 aliphatic rings. The highest BCUT2D eigenvalue weighted by Gasteiger charge is 2.11. The molecule has 1 amide bonds. The first kappa shape index (κ1) is 17.2. The molecular weight excluding hydrogens is 316 g/mol. The molecule has 0 aliphatic heterocycles. The Morgan fingerprint density at radius 2 is 2.00 bits per heavy atom. The van der Waals surface area contributed by atoms with E-state index in [0.717, 1.165) is 17.5 Å². The average molecular weight is 336 g/mol. The van der Waals surface area contributed by atoms with Crippen molar-refractivity contribution in [3.05, 3.63) is 48.3 Å². The predicted molar refractivity (Wildman–Crippen MR) is 87.5 cm³/mol. The molecule has 8 heteroatoms. The van der Waals surface area contributed by atoms with E-state index >= 15 is 0 Å². The van der Waals surface area contributed by atoms with Crippen molar-refractivity contribution in [2.45, 2.75) is 13.0 Å². The zero-order valence-electron chi connectivity index (χ0n) is 13.1. The van der Waals surface area contributed by atoms with Crippen LogP contribution in [0.1, 0.15) is 12.0 Å². The van der Waals surface area contributed by atoms with Gasteiger partial charge in [0.15, 0.2) is 0 Å². The second kappa shape index (κ2) is 7.38. The SMILES string of the molecule is CN(Cc1cnn(-c2ccccc2)c1)C(=O)CCNS(C)(=O)=O. The molecule has 1 aromatic carbocycles. The molecule has 0 aliphatic carbocycles. The topological polar surface area (TPSA) is 84.3 Å². The molecule has 23 heavy (non-hydrogen) atoms. The Bertz CT molecular complexity index is 756. The summed E-state index contributed by atoms with van der Waals surface area (Å²) in [7, 11) is -1.58. The number of amides is 1. The summed E-state index contributed by atoms with van der Waals surface area (Å²) < 4.78 is 26.0. The van der Waals surface area contributed by atoms with Crippen LogP contribution < -0.4 is 4.72 Å². The first-order valence-corrected chi connectivity index (χ1v) is 9.02. The van der Waals surface area contributed by atoms with Gasteiger partial charge in [-0.3, -0.25) is 4.79 Å². The summed E-state index contributed by atoms with van der Waals surface area (Å²) >= 11 is 0. The number of sulfonamides is 1. The maximum absolute atomic E-state index is 12.0. The number of aromatic nitrogens is 2. The molecule has 1 heterocycles. The minimum absolute atomic E-state index is 0.102. The third kappa shape index (κ3) is 5.50. The van der Waals surface area contributed by atoms with Gasteiger partial charge in [0.25, 0.3) is 0 Å². The molecule has 0 bridgehead atoms. The molecule has 0 fully saturated rings. The Morgan fingerprint density at radius 3 is 2.65 bits per heavy atom. The van der Waals surface area contributed by atoms with Crippen LogP contribution in [-0.2, 0) is 21.4 Å². The lowest BCUT2D eigenvalue weighted by Crippen LogP contribution is -2.31. The number of rotatable bonds is 7. The minimum atomic E-state index is -3.27. The van der Waals surface area contributed by atoms with Gasteiger partial charge >= 0.3 is 0 Å². The van der Waals surface area contributed by atoms with Gasteiger partial charge in [-0.15, -0.1) is 0 Å². The molecule has 7 nitrogen and oxygen atoms in total. The van der Waals surface area contributed by atoms with Crippen LogP contribution in [0.25, 0.3) is 5.69 Å². The highest BCUT2D eigenvalue weighted by atomic mass is 32.2. The fraction of sp³-hybridized carbons (Fsp3) is 0.333. The maximum Gasteiger partial charge on any atom is 0.223 e. The lowest BCUT2D eigenvalue weighted by atomic mass is 10.3. The van der Waals surface area contributed by atoms with Crippen molar-refractivity contribution in [3.63, 3.8) is 0 Å². The van der Waals surface area contributed by atoms with Crippen molar-refractivity contribution in [2.24, 2.45) is 0 Å². The van der Waals surface area contributed by atoms with Crippen molar-refractivity contribution in [1.82, 2.24) is 19.4 Å². The monoisotopic (exact) mass is 336 g/mol. The molecular formula is C15H20N4O3S. The Morgan fingerprint density at radius 1 is 1.30 bits per heavy atom. The van der Waals surface area contributed by atoms with Crippen molar-refractivity contribution in [2.75, 3.05) is 19.8 Å². The highest BCUT2D eigenvalue weighted by Crippen LogP contribution is 2.09. The van der Waals surface area contributed by atoms with Crippen LogP contribution in [0.2, 0.25) is 0 Å². The number of hydrogen-bond acceptors (Lipinski definition) is 4. The van der Waals surface area contributed by atoms with Crippen LogP contribution in [0.3, 0.4) is 0 Å². The zero-order valence-corrected chi connectivity index (χ0v) is 14.0. The average Bonchev–Trinajstić information content (AvgIpc) is 2.95. The van der Waals surface area contributed by atoms with E-state index in [1.807, 2.05) is 36.5 Å². The number of carbonyl (C=O) groups excluding carboxylic acids is 1. The zero-order chi connectivity index (χ0) is 16.9. The molecule has 0 radical (unpaired) electrons. The van der Waals surface area contributed by atoms with E-state index < -0.39 is 10.0 Å². The predicted octanol–water partition coefficient (Wildman–Crippen LogP) is 0.770. The van der Waals surface area contributed by atoms with E-state index in [-0.39, 0.29) is 18.9 Å². The summed E-state index contributed by atoms with van der Waals surface area (Å²) in [6, 6.07) is 9.69. The summed E-state index contributed by atoms with van der Waals surface area (Å²) in [5, 5.41) is 4.28. The summed E-state index contributed by atoms with van der Waals surface area (Å²) in [5.74, 6) is -0.131. The second-order valence-corrected chi connectivity index (χ2v) is 7.13. The van der Waals surface area contributed by atoms with Crippen molar-refractivity contribution < 1.29 is 13.2 Å². The molecule has 1 N–H and O–H groups in total. The summed E-state index contributed by atoms with van der Waals surface area (Å²) in [6.07, 6.45) is 4.77. The fourth-order valence-electron chi connectivity index (χ4n) is 2.06. The van der Waals surface area contributed by atoms with E-state index in [1.54, 1.807) is 22.8 Å². The number of benzene rings is 1. The van der Waals surface area contributed by atoms with Gasteiger partial charge in [-0.25, -0.2) is 17.8 Å². The van der Waals surface area contributed by atoms with E-state index in [0.29, 0.717) is 6.54 Å². The van der Waals surface area contributed by atoms with Gasteiger partial charge in [-0.2, -0.15) is 5.10 Å². The summed E-state index contributed by atoms with van der Waals surface area (Å²) in [5.41, 5.74) is 1.85. The molecule has 1 aromatic heterocycles. The quantitative estimate of drug-likeness (QED) is 0.809. The van der Waals surface area contributed by atoms with Gasteiger partial charge in [0, 0.05) is 38.3 Å². The van der Waals surface area contributed by atoms with Crippen molar-refractivity contribution >= 4 is 15.9 Å². The summed E-state index contributed by atoms with van der Waals surface area (Å²) in [4.78, 5) is 13.5. The van der Waals surface area contributed by atoms with Crippen LogP contribution in [0, 0.1) is 0 Å². The van der Waals surface area contributed by atoms with E-state index in [2.05, 4.69) is 9.82 Å². The first-order chi connectivity index (χ1) is 10.8. The Hall–Kier alpha value is -2.19. The molecule has 2 rings (SSSR count). The molecule has 2 aromatic rings. The highest BCUT2D eigenvalue weighted by molar-refractivity contribution is 7.88. The van der Waals surface area contributed by atoms with Crippen LogP contribution in [0.5, 0.6) is 0 Å². The molecule has 124 valence electrons. The van der Waals surface area contributed by atoms with E-state index in [1.165, 1.54) is 0 Å². The number of para-hydroxylation sites is 1. The Labute approximate surface area is 136 Å². The smallest absolute Gasteiger partial charge is 0.223 e. The summed E-state index contributed by atoms with van der Waals surface area (Å²) in [6.45, 7) is 0.524. The minimum Gasteiger partial charge on any atom is -0.341 e. The number of nitrogens with zero attached hydrogens (tertiary/aromatic N) is 3. The van der Waals surface area contributed by atoms with Gasteiger partial charge in [0.1, 0.15) is 0 Å². The largest absolute Gasteiger partial charge is 0.341 e. The normalized spacial score (nSPS) is 11.4. The Kier molecular flexibility index (Phi) is 5.51. The van der Waals surface area contributed by atoms with Crippen molar-refractivity contribution in [3.8, 4) is 5.69 Å². The van der Waals surface area contributed by atoms with Gasteiger partial charge in [0.2, 0.25) is 15.9 Å². The number of nitrogens with one attached hydrogen (secondary N) is 1. The first-order valence-electron chi connectivity index (χ1n) is 7.13. The van der Waals surface area contributed by atoms with Crippen LogP contribution in [0.15, 0.2) is 42.7 Å². The van der Waals surface area contributed by atoms with Gasteiger partial charge < -0.3 is 4.90 Å². The van der Waals surface area contributed by atoms with Crippen LogP contribution in [0.4, 0.5) is 0 Å². The molecule has 0 spiro atoms. The number of carbonyl (C=O) groups is 1. The second-order valence-electron chi connectivity index (χ2n) is 5.30.